The van der Waals surface area contributed by atoms with Crippen LogP contribution in [0.4, 0.5) is 11.8 Å². The van der Waals surface area contributed by atoms with Crippen LogP contribution < -0.4 is 17.2 Å². The summed E-state index contributed by atoms with van der Waals surface area (Å²) in [4.78, 5) is 18.0. The van der Waals surface area contributed by atoms with Gasteiger partial charge in [0.05, 0.1) is 5.75 Å². The molecular weight excluding hydrogens is 190 g/mol. The van der Waals surface area contributed by atoms with Gasteiger partial charge in [-0.1, -0.05) is 11.8 Å². The second-order valence-corrected chi connectivity index (χ2v) is 3.24. The van der Waals surface area contributed by atoms with E-state index in [0.717, 1.165) is 0 Å². The van der Waals surface area contributed by atoms with Crippen LogP contribution in [0.15, 0.2) is 11.1 Å². The van der Waals surface area contributed by atoms with Gasteiger partial charge in [0.1, 0.15) is 10.8 Å². The summed E-state index contributed by atoms with van der Waals surface area (Å²) >= 11 is 1.17. The Bertz CT molecular complexity index is 309. The Balaban J connectivity index is 2.71. The number of carbonyl (C=O) groups excluding carboxylic acids is 1. The number of anilines is 2. The van der Waals surface area contributed by atoms with Crippen molar-refractivity contribution in [1.29, 1.82) is 0 Å². The van der Waals surface area contributed by atoms with E-state index < -0.39 is 5.91 Å². The first-order valence-corrected chi connectivity index (χ1v) is 4.37. The molecule has 0 spiro atoms. The van der Waals surface area contributed by atoms with Crippen molar-refractivity contribution in [3.63, 3.8) is 0 Å². The third-order valence-corrected chi connectivity index (χ3v) is 2.04. The van der Waals surface area contributed by atoms with Gasteiger partial charge in [0.2, 0.25) is 11.9 Å². The molecule has 1 rings (SSSR count). The SMILES string of the molecule is NC(=O)CSc1cc(N)nc(N)n1. The number of nitrogens with zero attached hydrogens (tertiary/aromatic N) is 2. The van der Waals surface area contributed by atoms with Crippen molar-refractivity contribution in [2.24, 2.45) is 5.73 Å². The van der Waals surface area contributed by atoms with Crippen molar-refractivity contribution >= 4 is 29.4 Å². The Morgan fingerprint density at radius 2 is 2.15 bits per heavy atom. The molecule has 6 nitrogen and oxygen atoms in total. The Morgan fingerprint density at radius 3 is 2.69 bits per heavy atom. The molecule has 0 aliphatic rings. The molecule has 0 radical (unpaired) electrons. The maximum absolute atomic E-state index is 10.4. The van der Waals surface area contributed by atoms with Crippen LogP contribution in [0.1, 0.15) is 0 Å². The van der Waals surface area contributed by atoms with Gasteiger partial charge < -0.3 is 17.2 Å². The minimum absolute atomic E-state index is 0.0898. The van der Waals surface area contributed by atoms with E-state index in [9.17, 15) is 4.79 Å². The summed E-state index contributed by atoms with van der Waals surface area (Å²) in [5.41, 5.74) is 15.7. The molecule has 0 atom stereocenters. The van der Waals surface area contributed by atoms with E-state index in [0.29, 0.717) is 5.03 Å². The van der Waals surface area contributed by atoms with Crippen molar-refractivity contribution in [1.82, 2.24) is 9.97 Å². The number of amides is 1. The van der Waals surface area contributed by atoms with Crippen LogP contribution in [0.5, 0.6) is 0 Å². The van der Waals surface area contributed by atoms with E-state index in [-0.39, 0.29) is 17.5 Å². The maximum Gasteiger partial charge on any atom is 0.227 e. The molecule has 70 valence electrons. The highest BCUT2D eigenvalue weighted by atomic mass is 32.2. The second kappa shape index (κ2) is 3.94. The van der Waals surface area contributed by atoms with Gasteiger partial charge in [-0.3, -0.25) is 4.79 Å². The highest BCUT2D eigenvalue weighted by Crippen LogP contribution is 2.17. The van der Waals surface area contributed by atoms with E-state index in [1.165, 1.54) is 17.8 Å². The fourth-order valence-corrected chi connectivity index (χ4v) is 1.33. The first kappa shape index (κ1) is 9.59. The predicted molar refractivity (Wildman–Crippen MR) is 50.8 cm³/mol. The standard InChI is InChI=1S/C6H9N5OS/c7-3-1-5(11-6(9)10-3)13-2-4(8)12/h1H,2H2,(H2,8,12)(H4,7,9,10,11). The zero-order chi connectivity index (χ0) is 9.84. The summed E-state index contributed by atoms with van der Waals surface area (Å²) in [6, 6.07) is 1.53. The largest absolute Gasteiger partial charge is 0.383 e. The molecule has 0 saturated heterocycles. The summed E-state index contributed by atoms with van der Waals surface area (Å²) in [5, 5.41) is 0.545. The molecule has 0 aliphatic heterocycles. The summed E-state index contributed by atoms with van der Waals surface area (Å²) in [7, 11) is 0. The zero-order valence-corrected chi connectivity index (χ0v) is 7.54. The number of thioether (sulfide) groups is 1. The van der Waals surface area contributed by atoms with Crippen molar-refractivity contribution in [3.05, 3.63) is 6.07 Å². The fraction of sp³-hybridized carbons (Fsp3) is 0.167. The molecule has 0 saturated carbocycles. The molecule has 1 heterocycles. The predicted octanol–water partition coefficient (Wildman–Crippen LogP) is -0.782. The number of nitrogens with two attached hydrogens (primary N) is 3. The number of nitrogen functional groups attached to an aromatic ring is 2. The summed E-state index contributed by atoms with van der Waals surface area (Å²) < 4.78 is 0. The molecule has 13 heavy (non-hydrogen) atoms. The normalized spacial score (nSPS) is 9.85. The Hall–Kier alpha value is -1.50. The zero-order valence-electron chi connectivity index (χ0n) is 6.73. The summed E-state index contributed by atoms with van der Waals surface area (Å²) in [6.45, 7) is 0. The number of aromatic nitrogens is 2. The van der Waals surface area contributed by atoms with Crippen LogP contribution in [-0.4, -0.2) is 21.6 Å². The van der Waals surface area contributed by atoms with Gasteiger partial charge in [0, 0.05) is 6.07 Å². The Kier molecular flexibility index (Phi) is 2.91. The topological polar surface area (TPSA) is 121 Å². The molecule has 6 N–H and O–H groups in total. The van der Waals surface area contributed by atoms with Crippen LogP contribution >= 0.6 is 11.8 Å². The van der Waals surface area contributed by atoms with E-state index in [1.807, 2.05) is 0 Å². The molecule has 1 aromatic rings. The fourth-order valence-electron chi connectivity index (χ4n) is 0.680. The number of hydrogen-bond donors (Lipinski definition) is 3. The monoisotopic (exact) mass is 199 g/mol. The minimum Gasteiger partial charge on any atom is -0.383 e. The van der Waals surface area contributed by atoms with Gasteiger partial charge >= 0.3 is 0 Å². The van der Waals surface area contributed by atoms with Crippen molar-refractivity contribution in [3.8, 4) is 0 Å². The van der Waals surface area contributed by atoms with Crippen LogP contribution in [0.25, 0.3) is 0 Å². The number of rotatable bonds is 3. The van der Waals surface area contributed by atoms with Crippen molar-refractivity contribution < 1.29 is 4.79 Å². The molecule has 0 fully saturated rings. The average molecular weight is 199 g/mol. The molecule has 0 unspecified atom stereocenters. The molecular formula is C6H9N5OS. The summed E-state index contributed by atoms with van der Waals surface area (Å²) in [6.07, 6.45) is 0. The third kappa shape index (κ3) is 3.16. The number of primary amides is 1. The lowest BCUT2D eigenvalue weighted by atomic mass is 10.6. The summed E-state index contributed by atoms with van der Waals surface area (Å²) in [5.74, 6) is 0.0998. The molecule has 0 aromatic carbocycles. The molecule has 1 aromatic heterocycles. The maximum atomic E-state index is 10.4. The Labute approximate surface area is 78.9 Å². The number of hydrogen-bond acceptors (Lipinski definition) is 6. The first-order chi connectivity index (χ1) is 6.08. The van der Waals surface area contributed by atoms with Crippen LogP contribution in [0.2, 0.25) is 0 Å². The van der Waals surface area contributed by atoms with Gasteiger partial charge in [-0.15, -0.1) is 0 Å². The van der Waals surface area contributed by atoms with Gasteiger partial charge in [-0.05, 0) is 0 Å². The van der Waals surface area contributed by atoms with E-state index in [1.54, 1.807) is 0 Å². The van der Waals surface area contributed by atoms with Crippen LogP contribution in [0, 0.1) is 0 Å². The average Bonchev–Trinajstić information content (AvgIpc) is 1.99. The molecule has 0 bridgehead atoms. The second-order valence-electron chi connectivity index (χ2n) is 2.24. The number of carbonyl (C=O) groups is 1. The lowest BCUT2D eigenvalue weighted by Gasteiger charge is -2.00. The molecule has 1 amide bonds. The first-order valence-electron chi connectivity index (χ1n) is 3.39. The van der Waals surface area contributed by atoms with E-state index >= 15 is 0 Å². The van der Waals surface area contributed by atoms with Gasteiger partial charge in [-0.25, -0.2) is 4.98 Å². The van der Waals surface area contributed by atoms with Gasteiger partial charge in [0.15, 0.2) is 0 Å². The highest BCUT2D eigenvalue weighted by Gasteiger charge is 2.02. The van der Waals surface area contributed by atoms with Gasteiger partial charge in [0.25, 0.3) is 0 Å². The van der Waals surface area contributed by atoms with Crippen molar-refractivity contribution in [2.75, 3.05) is 17.2 Å². The van der Waals surface area contributed by atoms with Crippen LogP contribution in [0.3, 0.4) is 0 Å². The molecule has 0 aliphatic carbocycles. The van der Waals surface area contributed by atoms with E-state index in [4.69, 9.17) is 17.2 Å². The lowest BCUT2D eigenvalue weighted by molar-refractivity contribution is -0.115. The van der Waals surface area contributed by atoms with Crippen molar-refractivity contribution in [2.45, 2.75) is 5.03 Å². The van der Waals surface area contributed by atoms with Crippen LogP contribution in [-0.2, 0) is 4.79 Å². The highest BCUT2D eigenvalue weighted by molar-refractivity contribution is 7.99. The Morgan fingerprint density at radius 1 is 1.46 bits per heavy atom. The molecule has 7 heteroatoms. The van der Waals surface area contributed by atoms with Gasteiger partial charge in [-0.2, -0.15) is 4.98 Å². The minimum atomic E-state index is -0.416. The quantitative estimate of drug-likeness (QED) is 0.433. The third-order valence-electron chi connectivity index (χ3n) is 1.10. The lowest BCUT2D eigenvalue weighted by Crippen LogP contribution is -2.13. The van der Waals surface area contributed by atoms with E-state index in [2.05, 4.69) is 9.97 Å². The smallest absolute Gasteiger partial charge is 0.227 e.